The first-order valence-corrected chi connectivity index (χ1v) is 8.62. The summed E-state index contributed by atoms with van der Waals surface area (Å²) in [4.78, 5) is 12.3. The van der Waals surface area contributed by atoms with Crippen LogP contribution < -0.4 is 5.43 Å². The molecule has 0 aliphatic heterocycles. The van der Waals surface area contributed by atoms with E-state index >= 15 is 0 Å². The van der Waals surface area contributed by atoms with Gasteiger partial charge in [-0.05, 0) is 37.6 Å². The van der Waals surface area contributed by atoms with Gasteiger partial charge >= 0.3 is 0 Å². The number of amides is 1. The second kappa shape index (κ2) is 7.72. The quantitative estimate of drug-likeness (QED) is 0.497. The highest BCUT2D eigenvalue weighted by Gasteiger charge is 2.12. The molecule has 0 saturated carbocycles. The van der Waals surface area contributed by atoms with Gasteiger partial charge in [0.25, 0.3) is 5.91 Å². The number of carbonyl (C=O) groups is 1. The molecule has 5 nitrogen and oxygen atoms in total. The van der Waals surface area contributed by atoms with Gasteiger partial charge in [0.2, 0.25) is 0 Å². The van der Waals surface area contributed by atoms with Gasteiger partial charge in [0, 0.05) is 5.56 Å². The summed E-state index contributed by atoms with van der Waals surface area (Å²) in [6, 6.07) is 14.7. The number of hydrazone groups is 1. The third-order valence-corrected chi connectivity index (χ3v) is 4.57. The predicted molar refractivity (Wildman–Crippen MR) is 105 cm³/mol. The standard InChI is InChI=1S/C19H16Cl2N4O/c1-11-3-5-13(6-4-11)12(2)22-25-19(26)18-10-17(23-24-18)14-7-8-15(20)16(21)9-14/h3-10H,1-2H3,(H,23,24)(H,25,26). The maximum absolute atomic E-state index is 12.3. The number of hydrogen-bond donors (Lipinski definition) is 2. The monoisotopic (exact) mass is 386 g/mol. The van der Waals surface area contributed by atoms with Gasteiger partial charge < -0.3 is 0 Å². The molecule has 0 atom stereocenters. The van der Waals surface area contributed by atoms with E-state index < -0.39 is 0 Å². The number of aromatic nitrogens is 2. The maximum atomic E-state index is 12.3. The minimum absolute atomic E-state index is 0.298. The van der Waals surface area contributed by atoms with Crippen LogP contribution in [0.2, 0.25) is 10.0 Å². The molecule has 2 aromatic carbocycles. The molecule has 0 bridgehead atoms. The van der Waals surface area contributed by atoms with Crippen LogP contribution in [0.5, 0.6) is 0 Å². The molecule has 1 heterocycles. The fraction of sp³-hybridized carbons (Fsp3) is 0.105. The third-order valence-electron chi connectivity index (χ3n) is 3.83. The van der Waals surface area contributed by atoms with E-state index in [1.807, 2.05) is 38.1 Å². The summed E-state index contributed by atoms with van der Waals surface area (Å²) in [6.07, 6.45) is 0. The Morgan fingerprint density at radius 3 is 2.50 bits per heavy atom. The molecule has 0 radical (unpaired) electrons. The van der Waals surface area contributed by atoms with Crippen LogP contribution in [-0.4, -0.2) is 21.8 Å². The minimum Gasteiger partial charge on any atom is -0.272 e. The van der Waals surface area contributed by atoms with Gasteiger partial charge in [0.15, 0.2) is 0 Å². The Bertz CT molecular complexity index is 977. The predicted octanol–water partition coefficient (Wildman–Crippen LogP) is 4.85. The zero-order chi connectivity index (χ0) is 18.7. The molecule has 0 aliphatic rings. The lowest BCUT2D eigenvalue weighted by atomic mass is 10.1. The molecule has 3 aromatic rings. The molecular formula is C19H16Cl2N4O. The van der Waals surface area contributed by atoms with Crippen molar-refractivity contribution in [2.24, 2.45) is 5.10 Å². The number of aryl methyl sites for hydroxylation is 1. The van der Waals surface area contributed by atoms with Gasteiger partial charge in [0.1, 0.15) is 5.69 Å². The molecule has 1 amide bonds. The van der Waals surface area contributed by atoms with Gasteiger partial charge in [-0.1, -0.05) is 59.1 Å². The second-order valence-corrected chi connectivity index (χ2v) is 6.61. The highest BCUT2D eigenvalue weighted by atomic mass is 35.5. The molecule has 132 valence electrons. The van der Waals surface area contributed by atoms with Gasteiger partial charge in [-0.15, -0.1) is 0 Å². The molecule has 0 fully saturated rings. The number of H-pyrrole nitrogens is 1. The smallest absolute Gasteiger partial charge is 0.272 e. The normalized spacial score (nSPS) is 11.5. The van der Waals surface area contributed by atoms with Gasteiger partial charge in [-0.25, -0.2) is 5.43 Å². The van der Waals surface area contributed by atoms with Crippen molar-refractivity contribution in [3.63, 3.8) is 0 Å². The molecule has 1 aromatic heterocycles. The Balaban J connectivity index is 1.72. The number of aromatic amines is 1. The fourth-order valence-corrected chi connectivity index (χ4v) is 2.59. The van der Waals surface area contributed by atoms with Crippen LogP contribution in [0.1, 0.15) is 28.5 Å². The van der Waals surface area contributed by atoms with Crippen LogP contribution in [0.25, 0.3) is 11.3 Å². The lowest BCUT2D eigenvalue weighted by molar-refractivity contribution is 0.0950. The SMILES string of the molecule is CC(=NNC(=O)c1cc(-c2ccc(Cl)c(Cl)c2)n[nH]1)c1ccc(C)cc1. The van der Waals surface area contributed by atoms with E-state index in [0.717, 1.165) is 16.7 Å². The Kier molecular flexibility index (Phi) is 5.40. The Morgan fingerprint density at radius 2 is 1.81 bits per heavy atom. The maximum Gasteiger partial charge on any atom is 0.289 e. The van der Waals surface area contributed by atoms with E-state index in [-0.39, 0.29) is 5.91 Å². The number of halogens is 2. The van der Waals surface area contributed by atoms with Crippen molar-refractivity contribution in [3.05, 3.63) is 75.4 Å². The summed E-state index contributed by atoms with van der Waals surface area (Å²) in [5.74, 6) is -0.379. The lowest BCUT2D eigenvalue weighted by Crippen LogP contribution is -2.19. The first-order valence-electron chi connectivity index (χ1n) is 7.86. The van der Waals surface area contributed by atoms with Gasteiger partial charge in [-0.3, -0.25) is 9.89 Å². The number of hydrogen-bond acceptors (Lipinski definition) is 3. The third kappa shape index (κ3) is 4.12. The zero-order valence-electron chi connectivity index (χ0n) is 14.2. The molecule has 0 spiro atoms. The lowest BCUT2D eigenvalue weighted by Gasteiger charge is -2.02. The molecule has 0 aliphatic carbocycles. The summed E-state index contributed by atoms with van der Waals surface area (Å²) in [5, 5.41) is 11.9. The molecular weight excluding hydrogens is 371 g/mol. The molecule has 0 saturated heterocycles. The number of rotatable bonds is 4. The first-order chi connectivity index (χ1) is 12.4. The van der Waals surface area contributed by atoms with Crippen molar-refractivity contribution in [1.29, 1.82) is 0 Å². The van der Waals surface area contributed by atoms with Crippen molar-refractivity contribution < 1.29 is 4.79 Å². The highest BCUT2D eigenvalue weighted by molar-refractivity contribution is 6.42. The van der Waals surface area contributed by atoms with Crippen molar-refractivity contribution in [3.8, 4) is 11.3 Å². The van der Waals surface area contributed by atoms with Crippen molar-refractivity contribution in [1.82, 2.24) is 15.6 Å². The van der Waals surface area contributed by atoms with E-state index in [1.165, 1.54) is 0 Å². The number of carbonyl (C=O) groups excluding carboxylic acids is 1. The number of nitrogens with zero attached hydrogens (tertiary/aromatic N) is 2. The Morgan fingerprint density at radius 1 is 1.08 bits per heavy atom. The summed E-state index contributed by atoms with van der Waals surface area (Å²) in [6.45, 7) is 3.85. The molecule has 3 rings (SSSR count). The second-order valence-electron chi connectivity index (χ2n) is 5.80. The zero-order valence-corrected chi connectivity index (χ0v) is 15.7. The Hall–Kier alpha value is -2.63. The average molecular weight is 387 g/mol. The molecule has 26 heavy (non-hydrogen) atoms. The highest BCUT2D eigenvalue weighted by Crippen LogP contribution is 2.27. The van der Waals surface area contributed by atoms with E-state index in [4.69, 9.17) is 23.2 Å². The Labute approximate surface area is 161 Å². The van der Waals surface area contributed by atoms with E-state index in [1.54, 1.807) is 24.3 Å². The molecule has 0 unspecified atom stereocenters. The number of nitrogens with one attached hydrogen (secondary N) is 2. The summed E-state index contributed by atoms with van der Waals surface area (Å²) >= 11 is 11.9. The van der Waals surface area contributed by atoms with Crippen LogP contribution >= 0.6 is 23.2 Å². The largest absolute Gasteiger partial charge is 0.289 e. The van der Waals surface area contributed by atoms with Crippen LogP contribution in [-0.2, 0) is 0 Å². The fourth-order valence-electron chi connectivity index (χ4n) is 2.30. The van der Waals surface area contributed by atoms with Crippen molar-refractivity contribution >= 4 is 34.8 Å². The van der Waals surface area contributed by atoms with Crippen LogP contribution in [0.3, 0.4) is 0 Å². The van der Waals surface area contributed by atoms with Crippen LogP contribution in [0, 0.1) is 6.92 Å². The van der Waals surface area contributed by atoms with E-state index in [2.05, 4.69) is 20.7 Å². The van der Waals surface area contributed by atoms with Crippen LogP contribution in [0.15, 0.2) is 53.6 Å². The summed E-state index contributed by atoms with van der Waals surface area (Å²) in [7, 11) is 0. The molecule has 7 heteroatoms. The van der Waals surface area contributed by atoms with Crippen molar-refractivity contribution in [2.75, 3.05) is 0 Å². The average Bonchev–Trinajstić information content (AvgIpc) is 3.12. The summed E-state index contributed by atoms with van der Waals surface area (Å²) in [5.41, 5.74) is 6.99. The topological polar surface area (TPSA) is 70.1 Å². The summed E-state index contributed by atoms with van der Waals surface area (Å²) < 4.78 is 0. The number of benzene rings is 2. The minimum atomic E-state index is -0.379. The van der Waals surface area contributed by atoms with Gasteiger partial charge in [0.05, 0.1) is 21.5 Å². The van der Waals surface area contributed by atoms with Gasteiger partial charge in [-0.2, -0.15) is 10.2 Å². The molecule has 2 N–H and O–H groups in total. The van der Waals surface area contributed by atoms with Crippen LogP contribution in [0.4, 0.5) is 0 Å². The van der Waals surface area contributed by atoms with E-state index in [0.29, 0.717) is 27.1 Å². The first kappa shape index (κ1) is 18.2. The van der Waals surface area contributed by atoms with E-state index in [9.17, 15) is 4.79 Å². The van der Waals surface area contributed by atoms with Crippen molar-refractivity contribution in [2.45, 2.75) is 13.8 Å².